The van der Waals surface area contributed by atoms with Crippen LogP contribution in [0, 0.1) is 0 Å². The van der Waals surface area contributed by atoms with Crippen molar-refractivity contribution in [3.05, 3.63) is 70.1 Å². The van der Waals surface area contributed by atoms with E-state index in [1.54, 1.807) is 11.6 Å². The zero-order valence-corrected chi connectivity index (χ0v) is 18.1. The first kappa shape index (κ1) is 20.1. The Kier molecular flexibility index (Phi) is 5.40. The van der Waals surface area contributed by atoms with Crippen molar-refractivity contribution in [2.75, 3.05) is 20.1 Å². The molecule has 162 valence electrons. The van der Waals surface area contributed by atoms with Crippen LogP contribution in [0.15, 0.2) is 53.3 Å². The molecule has 1 unspecified atom stereocenters. The number of piperidine rings is 1. The number of fused-ring (bicyclic) bond motifs is 2. The van der Waals surface area contributed by atoms with Crippen molar-refractivity contribution in [2.45, 2.75) is 50.7 Å². The summed E-state index contributed by atoms with van der Waals surface area (Å²) in [7, 11) is 1.60. The Hall–Kier alpha value is -2.86. The average molecular weight is 419 g/mol. The highest BCUT2D eigenvalue weighted by molar-refractivity contribution is 5.80. The number of hydrogen-bond donors (Lipinski definition) is 1. The Morgan fingerprint density at radius 1 is 1.00 bits per heavy atom. The van der Waals surface area contributed by atoms with Gasteiger partial charge in [0, 0.05) is 32.2 Å². The van der Waals surface area contributed by atoms with E-state index in [0.29, 0.717) is 6.04 Å². The standard InChI is InChI=1S/C25H30N4O2/c1-26-24(30)17-28-22-10-4-5-11-23(22)29(25(28)31)19-13-15-27(16-14-19)21-12-6-8-18-7-2-3-9-20(18)21/h2-5,7,9-11,19,21H,6,8,12-17H2,1H3,(H,26,30). The molecule has 2 heterocycles. The lowest BCUT2D eigenvalue weighted by Gasteiger charge is -2.40. The number of nitrogens with one attached hydrogen (secondary N) is 1. The predicted octanol–water partition coefficient (Wildman–Crippen LogP) is 3.26. The molecule has 1 atom stereocenters. The molecular formula is C25H30N4O2. The van der Waals surface area contributed by atoms with Crippen LogP contribution >= 0.6 is 0 Å². The molecule has 3 aromatic rings. The lowest BCUT2D eigenvalue weighted by atomic mass is 9.86. The number of amides is 1. The van der Waals surface area contributed by atoms with Crippen LogP contribution in [0.5, 0.6) is 0 Å². The summed E-state index contributed by atoms with van der Waals surface area (Å²) in [5.41, 5.74) is 4.67. The summed E-state index contributed by atoms with van der Waals surface area (Å²) in [4.78, 5) is 27.9. The number of carbonyl (C=O) groups excluding carboxylic acids is 1. The maximum Gasteiger partial charge on any atom is 0.329 e. The number of nitrogens with zero attached hydrogens (tertiary/aromatic N) is 3. The Morgan fingerprint density at radius 3 is 2.48 bits per heavy atom. The van der Waals surface area contributed by atoms with Gasteiger partial charge in [-0.15, -0.1) is 0 Å². The number of likely N-dealkylation sites (tertiary alicyclic amines) is 1. The molecule has 1 fully saturated rings. The first-order valence-electron chi connectivity index (χ1n) is 11.4. The first-order chi connectivity index (χ1) is 15.2. The molecule has 31 heavy (non-hydrogen) atoms. The highest BCUT2D eigenvalue weighted by Crippen LogP contribution is 2.37. The minimum Gasteiger partial charge on any atom is -0.358 e. The van der Waals surface area contributed by atoms with Crippen LogP contribution in [0.3, 0.4) is 0 Å². The van der Waals surface area contributed by atoms with Crippen molar-refractivity contribution in [1.82, 2.24) is 19.4 Å². The first-order valence-corrected chi connectivity index (χ1v) is 11.4. The Labute approximate surface area is 182 Å². The van der Waals surface area contributed by atoms with E-state index in [4.69, 9.17) is 0 Å². The van der Waals surface area contributed by atoms with Gasteiger partial charge >= 0.3 is 5.69 Å². The third-order valence-corrected chi connectivity index (χ3v) is 7.09. The Balaban J connectivity index is 1.40. The van der Waals surface area contributed by atoms with Gasteiger partial charge in [0.05, 0.1) is 11.0 Å². The molecular weight excluding hydrogens is 388 g/mol. The van der Waals surface area contributed by atoms with E-state index >= 15 is 0 Å². The molecule has 1 amide bonds. The summed E-state index contributed by atoms with van der Waals surface area (Å²) >= 11 is 0. The number of hydrogen-bond acceptors (Lipinski definition) is 3. The Bertz CT molecular complexity index is 1150. The molecule has 2 aromatic carbocycles. The molecule has 6 nitrogen and oxygen atoms in total. The van der Waals surface area contributed by atoms with Crippen molar-refractivity contribution < 1.29 is 4.79 Å². The zero-order chi connectivity index (χ0) is 21.4. The minimum atomic E-state index is -0.157. The molecule has 1 saturated heterocycles. The SMILES string of the molecule is CNC(=O)Cn1c(=O)n(C2CCN(C3CCCc4ccccc43)CC2)c2ccccc21. The number of rotatable bonds is 4. The molecule has 0 saturated carbocycles. The number of benzene rings is 2. The molecule has 2 aliphatic rings. The second-order valence-corrected chi connectivity index (χ2v) is 8.77. The molecule has 0 spiro atoms. The van der Waals surface area contributed by atoms with E-state index in [1.165, 1.54) is 30.4 Å². The molecule has 1 aliphatic heterocycles. The molecule has 1 N–H and O–H groups in total. The monoisotopic (exact) mass is 418 g/mol. The fourth-order valence-electron chi connectivity index (χ4n) is 5.52. The summed E-state index contributed by atoms with van der Waals surface area (Å²) in [5, 5.41) is 2.63. The smallest absolute Gasteiger partial charge is 0.329 e. The Morgan fingerprint density at radius 2 is 1.71 bits per heavy atom. The molecule has 5 rings (SSSR count). The van der Waals surface area contributed by atoms with Crippen molar-refractivity contribution in [3.63, 3.8) is 0 Å². The molecule has 6 heteroatoms. The summed E-state index contributed by atoms with van der Waals surface area (Å²) in [6, 6.07) is 17.4. The number of para-hydroxylation sites is 2. The van der Waals surface area contributed by atoms with E-state index in [9.17, 15) is 9.59 Å². The van der Waals surface area contributed by atoms with Gasteiger partial charge in [0.25, 0.3) is 0 Å². The van der Waals surface area contributed by atoms with Crippen LogP contribution in [0.4, 0.5) is 0 Å². The lowest BCUT2D eigenvalue weighted by molar-refractivity contribution is -0.121. The van der Waals surface area contributed by atoms with Crippen LogP contribution in [-0.4, -0.2) is 40.1 Å². The van der Waals surface area contributed by atoms with Gasteiger partial charge in [-0.05, 0) is 55.4 Å². The van der Waals surface area contributed by atoms with E-state index in [-0.39, 0.29) is 24.2 Å². The third kappa shape index (κ3) is 3.59. The summed E-state index contributed by atoms with van der Waals surface area (Å²) in [6.45, 7) is 2.04. The van der Waals surface area contributed by atoms with Crippen LogP contribution in [0.1, 0.15) is 48.9 Å². The van der Waals surface area contributed by atoms with Gasteiger partial charge in [0.15, 0.2) is 0 Å². The average Bonchev–Trinajstić information content (AvgIpc) is 3.10. The van der Waals surface area contributed by atoms with Crippen molar-refractivity contribution >= 4 is 16.9 Å². The van der Waals surface area contributed by atoms with E-state index in [2.05, 4.69) is 34.5 Å². The number of imidazole rings is 1. The molecule has 0 bridgehead atoms. The van der Waals surface area contributed by atoms with E-state index in [1.807, 2.05) is 28.8 Å². The van der Waals surface area contributed by atoms with Crippen LogP contribution < -0.4 is 11.0 Å². The quantitative estimate of drug-likeness (QED) is 0.708. The predicted molar refractivity (Wildman–Crippen MR) is 122 cm³/mol. The van der Waals surface area contributed by atoms with Crippen molar-refractivity contribution in [2.24, 2.45) is 0 Å². The van der Waals surface area contributed by atoms with Gasteiger partial charge in [0.1, 0.15) is 6.54 Å². The van der Waals surface area contributed by atoms with Crippen LogP contribution in [0.25, 0.3) is 11.0 Å². The highest BCUT2D eigenvalue weighted by atomic mass is 16.2. The number of aryl methyl sites for hydroxylation is 1. The number of likely N-dealkylation sites (N-methyl/N-ethyl adjacent to an activating group) is 1. The van der Waals surface area contributed by atoms with E-state index in [0.717, 1.165) is 37.0 Å². The van der Waals surface area contributed by atoms with Crippen LogP contribution in [0.2, 0.25) is 0 Å². The molecule has 0 radical (unpaired) electrons. The minimum absolute atomic E-state index is 0.0561. The maximum absolute atomic E-state index is 13.3. The fraction of sp³-hybridized carbons (Fsp3) is 0.440. The second kappa shape index (κ2) is 8.35. The fourth-order valence-corrected chi connectivity index (χ4v) is 5.52. The van der Waals surface area contributed by atoms with E-state index < -0.39 is 0 Å². The van der Waals surface area contributed by atoms with Gasteiger partial charge in [-0.2, -0.15) is 0 Å². The second-order valence-electron chi connectivity index (χ2n) is 8.77. The van der Waals surface area contributed by atoms with Crippen LogP contribution in [-0.2, 0) is 17.8 Å². The van der Waals surface area contributed by atoms with Gasteiger partial charge in [0.2, 0.25) is 5.91 Å². The van der Waals surface area contributed by atoms with Gasteiger partial charge in [-0.3, -0.25) is 18.8 Å². The largest absolute Gasteiger partial charge is 0.358 e. The van der Waals surface area contributed by atoms with Gasteiger partial charge < -0.3 is 5.32 Å². The zero-order valence-electron chi connectivity index (χ0n) is 18.1. The van der Waals surface area contributed by atoms with Crippen molar-refractivity contribution in [1.29, 1.82) is 0 Å². The highest BCUT2D eigenvalue weighted by Gasteiger charge is 2.31. The van der Waals surface area contributed by atoms with Gasteiger partial charge in [-0.25, -0.2) is 4.79 Å². The lowest BCUT2D eigenvalue weighted by Crippen LogP contribution is -2.41. The summed E-state index contributed by atoms with van der Waals surface area (Å²) < 4.78 is 3.54. The summed E-state index contributed by atoms with van der Waals surface area (Å²) in [6.07, 6.45) is 5.55. The third-order valence-electron chi connectivity index (χ3n) is 7.09. The summed E-state index contributed by atoms with van der Waals surface area (Å²) in [5.74, 6) is -0.157. The number of aromatic nitrogens is 2. The maximum atomic E-state index is 13.3. The number of carbonyl (C=O) groups is 1. The van der Waals surface area contributed by atoms with Gasteiger partial charge in [-0.1, -0.05) is 36.4 Å². The topological polar surface area (TPSA) is 59.3 Å². The van der Waals surface area contributed by atoms with Crippen molar-refractivity contribution in [3.8, 4) is 0 Å². The molecule has 1 aliphatic carbocycles. The molecule has 1 aromatic heterocycles. The normalized spacial score (nSPS) is 20.0.